The highest BCUT2D eigenvalue weighted by molar-refractivity contribution is 5.88. The first-order chi connectivity index (χ1) is 17.4. The van der Waals surface area contributed by atoms with Crippen molar-refractivity contribution in [2.45, 2.75) is 38.3 Å². The molecule has 3 fully saturated rings. The van der Waals surface area contributed by atoms with Crippen LogP contribution in [0.5, 0.6) is 0 Å². The number of rotatable bonds is 5. The first kappa shape index (κ1) is 24.3. The van der Waals surface area contributed by atoms with Gasteiger partial charge in [-0.1, -0.05) is 12.1 Å². The molecule has 2 aliphatic heterocycles. The molecule has 3 heterocycles. The Morgan fingerprint density at radius 1 is 1.06 bits per heavy atom. The number of likely N-dealkylation sites (tertiary alicyclic amines) is 1. The van der Waals surface area contributed by atoms with Crippen molar-refractivity contribution in [2.75, 3.05) is 44.6 Å². The van der Waals surface area contributed by atoms with Crippen molar-refractivity contribution in [3.05, 3.63) is 52.6 Å². The molecule has 11 heteroatoms. The highest BCUT2D eigenvalue weighted by Gasteiger charge is 2.46. The van der Waals surface area contributed by atoms with Crippen molar-refractivity contribution in [2.24, 2.45) is 5.41 Å². The monoisotopic (exact) mass is 495 g/mol. The van der Waals surface area contributed by atoms with Crippen molar-refractivity contribution in [1.29, 1.82) is 0 Å². The van der Waals surface area contributed by atoms with E-state index in [2.05, 4.69) is 25.8 Å². The van der Waals surface area contributed by atoms with Gasteiger partial charge in [0.05, 0.1) is 5.69 Å². The van der Waals surface area contributed by atoms with E-state index in [4.69, 9.17) is 5.11 Å². The molecule has 2 aromatic rings. The Bertz CT molecular complexity index is 1140. The van der Waals surface area contributed by atoms with Gasteiger partial charge in [-0.2, -0.15) is 4.98 Å². The second kappa shape index (κ2) is 10.3. The van der Waals surface area contributed by atoms with E-state index in [0.717, 1.165) is 64.1 Å². The summed E-state index contributed by atoms with van der Waals surface area (Å²) >= 11 is 0. The SMILES string of the molecule is O=C(O)NC1CC2(CCN(Cc3ccc(-n4ccc(NC(=O)N5CCNCC5)nc4=O)cc3)CC2)C1. The van der Waals surface area contributed by atoms with Gasteiger partial charge in [0, 0.05) is 45.0 Å². The quantitative estimate of drug-likeness (QED) is 0.496. The molecule has 1 saturated carbocycles. The van der Waals surface area contributed by atoms with Crippen molar-refractivity contribution in [3.63, 3.8) is 0 Å². The van der Waals surface area contributed by atoms with E-state index in [9.17, 15) is 14.4 Å². The second-order valence-electron chi connectivity index (χ2n) is 10.1. The fraction of sp³-hybridized carbons (Fsp3) is 0.520. The molecule has 0 atom stereocenters. The van der Waals surface area contributed by atoms with E-state index in [0.29, 0.717) is 18.5 Å². The average molecular weight is 496 g/mol. The first-order valence-electron chi connectivity index (χ1n) is 12.6. The van der Waals surface area contributed by atoms with E-state index < -0.39 is 11.8 Å². The van der Waals surface area contributed by atoms with Crippen LogP contribution in [0.2, 0.25) is 0 Å². The number of anilines is 1. The maximum atomic E-state index is 12.6. The molecule has 192 valence electrons. The normalized spacial score (nSPS) is 20.1. The van der Waals surface area contributed by atoms with Crippen LogP contribution >= 0.6 is 0 Å². The lowest BCUT2D eigenvalue weighted by Gasteiger charge is -2.52. The fourth-order valence-electron chi connectivity index (χ4n) is 5.60. The van der Waals surface area contributed by atoms with E-state index in [1.807, 2.05) is 24.3 Å². The molecule has 36 heavy (non-hydrogen) atoms. The number of nitrogens with one attached hydrogen (secondary N) is 3. The van der Waals surface area contributed by atoms with Gasteiger partial charge < -0.3 is 20.6 Å². The third-order valence-electron chi connectivity index (χ3n) is 7.67. The van der Waals surface area contributed by atoms with Crippen molar-refractivity contribution in [3.8, 4) is 5.69 Å². The molecule has 0 bridgehead atoms. The van der Waals surface area contributed by atoms with Gasteiger partial charge in [0.2, 0.25) is 0 Å². The molecule has 0 radical (unpaired) electrons. The summed E-state index contributed by atoms with van der Waals surface area (Å²) in [5, 5.41) is 17.4. The number of hydrogen-bond donors (Lipinski definition) is 4. The van der Waals surface area contributed by atoms with Crippen molar-refractivity contribution < 1.29 is 14.7 Å². The maximum Gasteiger partial charge on any atom is 0.404 e. The number of piperazine rings is 1. The Morgan fingerprint density at radius 3 is 2.39 bits per heavy atom. The van der Waals surface area contributed by atoms with Crippen LogP contribution in [0, 0.1) is 5.41 Å². The predicted octanol–water partition coefficient (Wildman–Crippen LogP) is 1.68. The van der Waals surface area contributed by atoms with Gasteiger partial charge >= 0.3 is 17.8 Å². The molecule has 5 rings (SSSR count). The van der Waals surface area contributed by atoms with Gasteiger partial charge in [-0.05, 0) is 68.0 Å². The Hall–Kier alpha value is -3.44. The summed E-state index contributed by atoms with van der Waals surface area (Å²) in [4.78, 5) is 43.9. The molecule has 0 unspecified atom stereocenters. The Labute approximate surface area is 209 Å². The summed E-state index contributed by atoms with van der Waals surface area (Å²) in [5.74, 6) is 0.246. The molecular weight excluding hydrogens is 462 g/mol. The predicted molar refractivity (Wildman–Crippen MR) is 134 cm³/mol. The second-order valence-corrected chi connectivity index (χ2v) is 10.1. The molecule has 1 aromatic carbocycles. The molecule has 3 aliphatic rings. The standard InChI is InChI=1S/C25H33N7O4/c33-22(31-13-8-26-9-14-31)28-21-5-10-32(23(34)29-21)20-3-1-18(2-4-20)17-30-11-6-25(7-12-30)15-19(16-25)27-24(35)36/h1-5,10,19,26-27H,6-9,11-17H2,(H,35,36)(H,28,29,33,34). The molecule has 1 spiro atoms. The lowest BCUT2D eigenvalue weighted by Crippen LogP contribution is -2.54. The molecule has 1 aromatic heterocycles. The van der Waals surface area contributed by atoms with Gasteiger partial charge in [-0.15, -0.1) is 0 Å². The summed E-state index contributed by atoms with van der Waals surface area (Å²) in [6, 6.07) is 9.38. The first-order valence-corrected chi connectivity index (χ1v) is 12.6. The number of carbonyl (C=O) groups excluding carboxylic acids is 1. The average Bonchev–Trinajstić information content (AvgIpc) is 2.85. The van der Waals surface area contributed by atoms with Gasteiger partial charge in [-0.25, -0.2) is 14.4 Å². The number of benzene rings is 1. The highest BCUT2D eigenvalue weighted by atomic mass is 16.4. The Morgan fingerprint density at radius 2 is 1.75 bits per heavy atom. The van der Waals surface area contributed by atoms with Crippen LogP contribution in [0.15, 0.2) is 41.3 Å². The Kier molecular flexibility index (Phi) is 6.92. The number of aromatic nitrogens is 2. The number of piperidine rings is 1. The molecule has 2 saturated heterocycles. The minimum Gasteiger partial charge on any atom is -0.465 e. The zero-order chi connectivity index (χ0) is 25.1. The number of nitrogens with zero attached hydrogens (tertiary/aromatic N) is 4. The van der Waals surface area contributed by atoms with Crippen molar-refractivity contribution >= 4 is 17.9 Å². The van der Waals surface area contributed by atoms with E-state index in [1.54, 1.807) is 17.2 Å². The minimum atomic E-state index is -0.928. The van der Waals surface area contributed by atoms with Crippen LogP contribution in [0.3, 0.4) is 0 Å². The number of amides is 3. The largest absolute Gasteiger partial charge is 0.465 e. The summed E-state index contributed by atoms with van der Waals surface area (Å²) in [6.07, 6.45) is 4.80. The molecule has 3 amide bonds. The summed E-state index contributed by atoms with van der Waals surface area (Å²) in [7, 11) is 0. The van der Waals surface area contributed by atoms with Crippen molar-refractivity contribution in [1.82, 2.24) is 30.0 Å². The maximum absolute atomic E-state index is 12.6. The topological polar surface area (TPSA) is 132 Å². The molecular formula is C25H33N7O4. The molecule has 11 nitrogen and oxygen atoms in total. The number of urea groups is 1. The zero-order valence-electron chi connectivity index (χ0n) is 20.3. The van der Waals surface area contributed by atoms with Crippen LogP contribution in [-0.2, 0) is 6.54 Å². The number of carboxylic acid groups (broad SMARTS) is 1. The smallest absolute Gasteiger partial charge is 0.404 e. The van der Waals surface area contributed by atoms with E-state index in [1.165, 1.54) is 10.1 Å². The van der Waals surface area contributed by atoms with Crippen LogP contribution in [0.4, 0.5) is 15.4 Å². The fourth-order valence-corrected chi connectivity index (χ4v) is 5.60. The third-order valence-corrected chi connectivity index (χ3v) is 7.67. The van der Waals surface area contributed by atoms with E-state index >= 15 is 0 Å². The van der Waals surface area contributed by atoms with Crippen LogP contribution in [-0.4, -0.2) is 81.9 Å². The zero-order valence-corrected chi connectivity index (χ0v) is 20.3. The molecule has 1 aliphatic carbocycles. The van der Waals surface area contributed by atoms with Gasteiger partial charge in [-0.3, -0.25) is 14.8 Å². The summed E-state index contributed by atoms with van der Waals surface area (Å²) < 4.78 is 1.47. The van der Waals surface area contributed by atoms with Gasteiger partial charge in [0.1, 0.15) is 5.82 Å². The van der Waals surface area contributed by atoms with Gasteiger partial charge in [0.15, 0.2) is 0 Å². The highest BCUT2D eigenvalue weighted by Crippen LogP contribution is 2.49. The molecule has 4 N–H and O–H groups in total. The van der Waals surface area contributed by atoms with Crippen LogP contribution in [0.1, 0.15) is 31.2 Å². The van der Waals surface area contributed by atoms with Crippen LogP contribution in [0.25, 0.3) is 5.69 Å². The lowest BCUT2D eigenvalue weighted by molar-refractivity contribution is 0.00518. The Balaban J connectivity index is 1.13. The lowest BCUT2D eigenvalue weighted by atomic mass is 9.60. The minimum absolute atomic E-state index is 0.108. The third kappa shape index (κ3) is 5.52. The van der Waals surface area contributed by atoms with Gasteiger partial charge in [0.25, 0.3) is 0 Å². The van der Waals surface area contributed by atoms with Crippen LogP contribution < -0.4 is 21.6 Å². The van der Waals surface area contributed by atoms with E-state index in [-0.39, 0.29) is 17.9 Å². The number of hydrogen-bond acceptors (Lipinski definition) is 6. The number of carbonyl (C=O) groups is 2. The summed E-state index contributed by atoms with van der Waals surface area (Å²) in [6.45, 7) is 5.61. The summed E-state index contributed by atoms with van der Waals surface area (Å²) in [5.41, 5.74) is 1.76.